The Kier molecular flexibility index (Phi) is 4.88. The maximum absolute atomic E-state index is 12.9. The van der Waals surface area contributed by atoms with Crippen LogP contribution in [0, 0.1) is 5.41 Å². The Hall–Kier alpha value is -0.570. The van der Waals surface area contributed by atoms with Crippen LogP contribution < -0.4 is 5.73 Å². The zero-order valence-corrected chi connectivity index (χ0v) is 12.7. The third kappa shape index (κ3) is 3.31. The number of hydrogen-bond donors (Lipinski definition) is 1. The van der Waals surface area contributed by atoms with Crippen LogP contribution >= 0.6 is 0 Å². The minimum atomic E-state index is -0.0895. The number of carbonyl (C=O) groups is 1. The third-order valence-electron chi connectivity index (χ3n) is 5.26. The van der Waals surface area contributed by atoms with E-state index < -0.39 is 0 Å². The standard InChI is InChI=1S/C16H30N2O/c1-3-18(14-9-7-13(17)8-10-14)15(19)16(2)11-5-4-6-12-16/h13-14H,3-12,17H2,1-2H3. The fourth-order valence-corrected chi connectivity index (χ4v) is 3.87. The molecule has 0 aliphatic heterocycles. The van der Waals surface area contributed by atoms with E-state index in [2.05, 4.69) is 18.7 Å². The summed E-state index contributed by atoms with van der Waals surface area (Å²) in [7, 11) is 0. The quantitative estimate of drug-likeness (QED) is 0.853. The van der Waals surface area contributed by atoms with Gasteiger partial charge in [-0.1, -0.05) is 26.2 Å². The molecule has 2 N–H and O–H groups in total. The van der Waals surface area contributed by atoms with E-state index in [1.54, 1.807) is 0 Å². The predicted molar refractivity (Wildman–Crippen MR) is 78.8 cm³/mol. The van der Waals surface area contributed by atoms with Crippen molar-refractivity contribution in [2.45, 2.75) is 83.7 Å². The number of nitrogens with zero attached hydrogens (tertiary/aromatic N) is 1. The van der Waals surface area contributed by atoms with Gasteiger partial charge in [-0.2, -0.15) is 0 Å². The Morgan fingerprint density at radius 2 is 1.74 bits per heavy atom. The molecule has 110 valence electrons. The summed E-state index contributed by atoms with van der Waals surface area (Å²) >= 11 is 0. The molecule has 0 atom stereocenters. The molecule has 0 unspecified atom stereocenters. The Balaban J connectivity index is 2.02. The molecule has 1 amide bonds. The van der Waals surface area contributed by atoms with Gasteiger partial charge in [0.2, 0.25) is 5.91 Å². The average Bonchev–Trinajstić information content (AvgIpc) is 2.42. The van der Waals surface area contributed by atoms with Crippen molar-refractivity contribution in [2.75, 3.05) is 6.54 Å². The topological polar surface area (TPSA) is 46.3 Å². The fraction of sp³-hybridized carbons (Fsp3) is 0.938. The molecule has 0 heterocycles. The molecule has 3 nitrogen and oxygen atoms in total. The highest BCUT2D eigenvalue weighted by Crippen LogP contribution is 2.38. The number of carbonyl (C=O) groups excluding carboxylic acids is 1. The zero-order valence-electron chi connectivity index (χ0n) is 12.7. The van der Waals surface area contributed by atoms with Crippen molar-refractivity contribution in [3.8, 4) is 0 Å². The smallest absolute Gasteiger partial charge is 0.228 e. The number of amides is 1. The highest BCUT2D eigenvalue weighted by atomic mass is 16.2. The third-order valence-corrected chi connectivity index (χ3v) is 5.26. The van der Waals surface area contributed by atoms with Crippen molar-refractivity contribution in [1.82, 2.24) is 4.90 Å². The van der Waals surface area contributed by atoms with E-state index in [0.717, 1.165) is 45.1 Å². The van der Waals surface area contributed by atoms with Gasteiger partial charge >= 0.3 is 0 Å². The minimum absolute atomic E-state index is 0.0895. The molecule has 3 heteroatoms. The minimum Gasteiger partial charge on any atom is -0.340 e. The van der Waals surface area contributed by atoms with Gasteiger partial charge in [-0.15, -0.1) is 0 Å². The summed E-state index contributed by atoms with van der Waals surface area (Å²) in [5.41, 5.74) is 5.89. The summed E-state index contributed by atoms with van der Waals surface area (Å²) in [6, 6.07) is 0.798. The summed E-state index contributed by atoms with van der Waals surface area (Å²) in [5.74, 6) is 0.412. The van der Waals surface area contributed by atoms with Crippen molar-refractivity contribution >= 4 is 5.91 Å². The molecule has 2 aliphatic rings. The summed E-state index contributed by atoms with van der Waals surface area (Å²) in [5, 5.41) is 0. The molecule has 2 fully saturated rings. The molecule has 0 aromatic heterocycles. The second-order valence-corrected chi connectivity index (χ2v) is 6.78. The molecule has 2 aliphatic carbocycles. The molecule has 0 aromatic carbocycles. The average molecular weight is 266 g/mol. The van der Waals surface area contributed by atoms with Crippen LogP contribution in [0.5, 0.6) is 0 Å². The fourth-order valence-electron chi connectivity index (χ4n) is 3.87. The lowest BCUT2D eigenvalue weighted by Crippen LogP contribution is -2.50. The van der Waals surface area contributed by atoms with Gasteiger partial charge in [0.15, 0.2) is 0 Å². The molecule has 19 heavy (non-hydrogen) atoms. The van der Waals surface area contributed by atoms with Gasteiger partial charge in [-0.25, -0.2) is 0 Å². The van der Waals surface area contributed by atoms with Crippen molar-refractivity contribution < 1.29 is 4.79 Å². The van der Waals surface area contributed by atoms with Crippen molar-refractivity contribution in [2.24, 2.45) is 11.1 Å². The van der Waals surface area contributed by atoms with E-state index in [1.165, 1.54) is 19.3 Å². The first kappa shape index (κ1) is 14.8. The highest BCUT2D eigenvalue weighted by molar-refractivity contribution is 5.82. The SMILES string of the molecule is CCN(C(=O)C1(C)CCCCC1)C1CCC(N)CC1. The number of hydrogen-bond acceptors (Lipinski definition) is 2. The van der Waals surface area contributed by atoms with Crippen LogP contribution in [-0.2, 0) is 4.79 Å². The van der Waals surface area contributed by atoms with Crippen LogP contribution in [0.25, 0.3) is 0 Å². The van der Waals surface area contributed by atoms with Gasteiger partial charge in [-0.05, 0) is 45.4 Å². The largest absolute Gasteiger partial charge is 0.340 e. The first-order chi connectivity index (χ1) is 9.07. The van der Waals surface area contributed by atoms with Gasteiger partial charge in [0.1, 0.15) is 0 Å². The molecule has 0 bridgehead atoms. The van der Waals surface area contributed by atoms with Crippen molar-refractivity contribution in [3.63, 3.8) is 0 Å². The van der Waals surface area contributed by atoms with Crippen LogP contribution in [0.2, 0.25) is 0 Å². The van der Waals surface area contributed by atoms with Crippen LogP contribution in [0.15, 0.2) is 0 Å². The van der Waals surface area contributed by atoms with Gasteiger partial charge in [0.05, 0.1) is 0 Å². The lowest BCUT2D eigenvalue weighted by Gasteiger charge is -2.42. The van der Waals surface area contributed by atoms with Gasteiger partial charge in [-0.3, -0.25) is 4.79 Å². The van der Waals surface area contributed by atoms with E-state index in [-0.39, 0.29) is 5.41 Å². The van der Waals surface area contributed by atoms with Gasteiger partial charge in [0, 0.05) is 24.0 Å². The Morgan fingerprint density at radius 1 is 1.16 bits per heavy atom. The van der Waals surface area contributed by atoms with Crippen LogP contribution in [0.1, 0.15) is 71.6 Å². The second kappa shape index (κ2) is 6.25. The highest BCUT2D eigenvalue weighted by Gasteiger charge is 2.39. The second-order valence-electron chi connectivity index (χ2n) is 6.78. The predicted octanol–water partition coefficient (Wildman–Crippen LogP) is 3.08. The maximum Gasteiger partial charge on any atom is 0.228 e. The van der Waals surface area contributed by atoms with Gasteiger partial charge < -0.3 is 10.6 Å². The Labute approximate surface area is 117 Å². The zero-order chi connectivity index (χ0) is 13.9. The normalized spacial score (nSPS) is 30.9. The Morgan fingerprint density at radius 3 is 2.26 bits per heavy atom. The molecule has 2 saturated carbocycles. The van der Waals surface area contributed by atoms with Gasteiger partial charge in [0.25, 0.3) is 0 Å². The lowest BCUT2D eigenvalue weighted by atomic mass is 9.74. The monoisotopic (exact) mass is 266 g/mol. The lowest BCUT2D eigenvalue weighted by molar-refractivity contribution is -0.146. The summed E-state index contributed by atoms with van der Waals surface area (Å²) in [6.45, 7) is 5.17. The van der Waals surface area contributed by atoms with Crippen molar-refractivity contribution in [1.29, 1.82) is 0 Å². The van der Waals surface area contributed by atoms with E-state index in [0.29, 0.717) is 18.0 Å². The number of nitrogens with two attached hydrogens (primary N) is 1. The molecular formula is C16H30N2O. The van der Waals surface area contributed by atoms with E-state index in [9.17, 15) is 4.79 Å². The molecule has 0 spiro atoms. The first-order valence-electron chi connectivity index (χ1n) is 8.13. The van der Waals surface area contributed by atoms with E-state index in [4.69, 9.17) is 5.73 Å². The molecular weight excluding hydrogens is 236 g/mol. The van der Waals surface area contributed by atoms with E-state index >= 15 is 0 Å². The molecule has 0 aromatic rings. The molecule has 0 radical (unpaired) electrons. The Bertz CT molecular complexity index is 302. The van der Waals surface area contributed by atoms with Crippen LogP contribution in [-0.4, -0.2) is 29.4 Å². The summed E-state index contributed by atoms with van der Waals surface area (Å²) in [6.07, 6.45) is 10.2. The first-order valence-corrected chi connectivity index (χ1v) is 8.13. The summed E-state index contributed by atoms with van der Waals surface area (Å²) < 4.78 is 0. The van der Waals surface area contributed by atoms with Crippen molar-refractivity contribution in [3.05, 3.63) is 0 Å². The van der Waals surface area contributed by atoms with Crippen LogP contribution in [0.4, 0.5) is 0 Å². The molecule has 2 rings (SSSR count). The van der Waals surface area contributed by atoms with Crippen LogP contribution in [0.3, 0.4) is 0 Å². The van der Waals surface area contributed by atoms with E-state index in [1.807, 2.05) is 0 Å². The molecule has 0 saturated heterocycles. The number of rotatable bonds is 3. The maximum atomic E-state index is 12.9. The summed E-state index contributed by atoms with van der Waals surface area (Å²) in [4.78, 5) is 15.1.